The van der Waals surface area contributed by atoms with Crippen LogP contribution in [0.15, 0.2) is 158 Å². The number of esters is 3. The van der Waals surface area contributed by atoms with Crippen LogP contribution in [0.4, 0.5) is 0 Å². The number of hydrogen-bond donors (Lipinski definition) is 0. The molecule has 0 spiro atoms. The molecule has 6 nitrogen and oxygen atoms in total. The van der Waals surface area contributed by atoms with Crippen molar-refractivity contribution in [2.24, 2.45) is 0 Å². The molecule has 0 aromatic rings. The van der Waals surface area contributed by atoms with Gasteiger partial charge in [0.2, 0.25) is 0 Å². The molecule has 0 amide bonds. The number of hydrogen-bond acceptors (Lipinski definition) is 6. The molecule has 0 aliphatic rings. The Morgan fingerprint density at radius 2 is 0.547 bits per heavy atom. The molecule has 0 fully saturated rings. The molecule has 0 aliphatic carbocycles. The summed E-state index contributed by atoms with van der Waals surface area (Å²) < 4.78 is 16.7. The van der Waals surface area contributed by atoms with Crippen molar-refractivity contribution in [1.82, 2.24) is 0 Å². The van der Waals surface area contributed by atoms with E-state index in [1.807, 2.05) is 24.3 Å². The highest BCUT2D eigenvalue weighted by Crippen LogP contribution is 2.14. The van der Waals surface area contributed by atoms with Crippen molar-refractivity contribution < 1.29 is 28.6 Å². The molecule has 0 aromatic heterocycles. The SMILES string of the molecule is CC/C=C\C/C=C\C/C=C\C/C=C\C/C=C\C/C=C\CCC(=O)OCC(COC(=O)CC/C=C\C/C=C\C/C=C\C/C=C\C/C=C\C/C=C\CC)OC(=O)CCCCCCCCCCC/C=C\CCCCCCCC. The van der Waals surface area contributed by atoms with Crippen LogP contribution in [-0.2, 0) is 28.6 Å². The summed E-state index contributed by atoms with van der Waals surface area (Å²) in [7, 11) is 0. The van der Waals surface area contributed by atoms with E-state index < -0.39 is 6.10 Å². The molecule has 0 bridgehead atoms. The van der Waals surface area contributed by atoms with Crippen molar-refractivity contribution in [2.45, 2.75) is 245 Å². The van der Waals surface area contributed by atoms with Crippen LogP contribution in [0.25, 0.3) is 0 Å². The number of carbonyl (C=O) groups excluding carboxylic acids is 3. The van der Waals surface area contributed by atoms with Gasteiger partial charge in [-0.05, 0) is 122 Å². The average molecular weight is 1030 g/mol. The van der Waals surface area contributed by atoms with Crippen molar-refractivity contribution in [3.63, 3.8) is 0 Å². The fraction of sp³-hybridized carbons (Fsp3) is 0.580. The Bertz CT molecular complexity index is 1610. The van der Waals surface area contributed by atoms with Gasteiger partial charge in [0.15, 0.2) is 6.10 Å². The highest BCUT2D eigenvalue weighted by atomic mass is 16.6. The molecule has 0 N–H and O–H groups in total. The lowest BCUT2D eigenvalue weighted by atomic mass is 10.1. The van der Waals surface area contributed by atoms with Crippen LogP contribution in [-0.4, -0.2) is 37.2 Å². The van der Waals surface area contributed by atoms with Crippen molar-refractivity contribution in [2.75, 3.05) is 13.2 Å². The third-order valence-electron chi connectivity index (χ3n) is 12.0. The van der Waals surface area contributed by atoms with E-state index in [0.29, 0.717) is 12.8 Å². The summed E-state index contributed by atoms with van der Waals surface area (Å²) in [6, 6.07) is 0. The van der Waals surface area contributed by atoms with Crippen molar-refractivity contribution in [3.8, 4) is 0 Å². The van der Waals surface area contributed by atoms with Crippen molar-refractivity contribution in [1.29, 1.82) is 0 Å². The lowest BCUT2D eigenvalue weighted by Crippen LogP contribution is -2.30. The van der Waals surface area contributed by atoms with Gasteiger partial charge in [-0.15, -0.1) is 0 Å². The van der Waals surface area contributed by atoms with Gasteiger partial charge in [-0.25, -0.2) is 0 Å². The first kappa shape index (κ1) is 70.0. The number of carbonyl (C=O) groups is 3. The molecule has 6 heteroatoms. The van der Waals surface area contributed by atoms with Crippen LogP contribution in [0, 0.1) is 0 Å². The lowest BCUT2D eigenvalue weighted by Gasteiger charge is -2.18. The maximum absolute atomic E-state index is 12.9. The molecule has 0 saturated heterocycles. The molecule has 0 aromatic carbocycles. The third-order valence-corrected chi connectivity index (χ3v) is 12.0. The Morgan fingerprint density at radius 3 is 0.867 bits per heavy atom. The highest BCUT2D eigenvalue weighted by Gasteiger charge is 2.19. The molecule has 0 rings (SSSR count). The van der Waals surface area contributed by atoms with Crippen LogP contribution in [0.5, 0.6) is 0 Å². The summed E-state index contributed by atoms with van der Waals surface area (Å²) in [5.74, 6) is -1.12. The molecule has 0 radical (unpaired) electrons. The normalized spacial score (nSPS) is 12.9. The molecular formula is C69H108O6. The van der Waals surface area contributed by atoms with E-state index in [1.165, 1.54) is 89.9 Å². The summed E-state index contributed by atoms with van der Waals surface area (Å²) in [4.78, 5) is 38.2. The third kappa shape index (κ3) is 59.8. The van der Waals surface area contributed by atoms with Gasteiger partial charge in [0, 0.05) is 19.3 Å². The molecule has 0 aliphatic heterocycles. The van der Waals surface area contributed by atoms with Gasteiger partial charge < -0.3 is 14.2 Å². The summed E-state index contributed by atoms with van der Waals surface area (Å²) in [5.41, 5.74) is 0. The van der Waals surface area contributed by atoms with Crippen LogP contribution in [0.1, 0.15) is 239 Å². The first-order valence-electron chi connectivity index (χ1n) is 30.0. The van der Waals surface area contributed by atoms with Crippen LogP contribution in [0.2, 0.25) is 0 Å². The summed E-state index contributed by atoms with van der Waals surface area (Å²) in [6.45, 7) is 6.27. The van der Waals surface area contributed by atoms with E-state index in [0.717, 1.165) is 96.3 Å². The Labute approximate surface area is 460 Å². The number of rotatable bonds is 52. The molecule has 420 valence electrons. The Balaban J connectivity index is 4.63. The van der Waals surface area contributed by atoms with Crippen LogP contribution < -0.4 is 0 Å². The Morgan fingerprint density at radius 1 is 0.280 bits per heavy atom. The number of ether oxygens (including phenoxy) is 3. The maximum Gasteiger partial charge on any atom is 0.306 e. The monoisotopic (exact) mass is 1030 g/mol. The first-order valence-corrected chi connectivity index (χ1v) is 30.0. The van der Waals surface area contributed by atoms with Gasteiger partial charge in [0.05, 0.1) is 0 Å². The van der Waals surface area contributed by atoms with Crippen LogP contribution in [0.3, 0.4) is 0 Å². The lowest BCUT2D eigenvalue weighted by molar-refractivity contribution is -0.166. The summed E-state index contributed by atoms with van der Waals surface area (Å²) in [6.07, 6.45) is 89.7. The van der Waals surface area contributed by atoms with Gasteiger partial charge in [0.25, 0.3) is 0 Å². The second-order valence-corrected chi connectivity index (χ2v) is 19.1. The number of allylic oxidation sites excluding steroid dienone is 26. The van der Waals surface area contributed by atoms with Gasteiger partial charge in [-0.3, -0.25) is 14.4 Å². The molecular weight excluding hydrogens is 925 g/mol. The highest BCUT2D eigenvalue weighted by molar-refractivity contribution is 5.71. The predicted molar refractivity (Wildman–Crippen MR) is 325 cm³/mol. The standard InChI is InChI=1S/C69H108O6/c1-4-7-10-13-16-19-22-25-28-31-34-37-40-43-46-49-52-55-58-61-67(70)73-64-66(75-69(72)63-60-57-54-51-48-45-42-39-36-33-30-27-24-21-18-15-12-9-6-3)65-74-68(71)62-59-56-53-50-47-44-41-38-35-32-29-26-23-20-17-14-11-8-5-2/h7-8,10-11,16-17,19-20,25-30,34-35,37-38,43-44,46-47,52-53,55-56,66H,4-6,9,12-15,18,21-24,31-33,36,39-42,45,48-51,54,57-65H2,1-3H3/b10-7-,11-8-,19-16-,20-17-,28-25-,29-26-,30-27-,37-34-,38-35-,46-43-,47-44-,55-52-,56-53-. The minimum absolute atomic E-state index is 0.149. The first-order chi connectivity index (χ1) is 37.0. The quantitative estimate of drug-likeness (QED) is 0.0261. The topological polar surface area (TPSA) is 78.9 Å². The zero-order chi connectivity index (χ0) is 54.3. The maximum atomic E-state index is 12.9. The smallest absolute Gasteiger partial charge is 0.306 e. The Hall–Kier alpha value is -4.97. The van der Waals surface area contributed by atoms with E-state index in [4.69, 9.17) is 14.2 Å². The fourth-order valence-corrected chi connectivity index (χ4v) is 7.61. The van der Waals surface area contributed by atoms with E-state index in [1.54, 1.807) is 0 Å². The largest absolute Gasteiger partial charge is 0.462 e. The zero-order valence-corrected chi connectivity index (χ0v) is 48.0. The minimum Gasteiger partial charge on any atom is -0.462 e. The second kappa shape index (κ2) is 61.6. The second-order valence-electron chi connectivity index (χ2n) is 19.1. The van der Waals surface area contributed by atoms with Gasteiger partial charge in [0.1, 0.15) is 13.2 Å². The predicted octanol–water partition coefficient (Wildman–Crippen LogP) is 20.5. The Kier molecular flexibility index (Phi) is 57.5. The molecule has 0 heterocycles. The molecule has 0 atom stereocenters. The van der Waals surface area contributed by atoms with E-state index in [2.05, 4.69) is 154 Å². The number of unbranched alkanes of at least 4 members (excludes halogenated alkanes) is 15. The molecule has 75 heavy (non-hydrogen) atoms. The van der Waals surface area contributed by atoms with Gasteiger partial charge in [-0.2, -0.15) is 0 Å². The zero-order valence-electron chi connectivity index (χ0n) is 48.0. The molecule has 0 saturated carbocycles. The van der Waals surface area contributed by atoms with Crippen LogP contribution >= 0.6 is 0 Å². The van der Waals surface area contributed by atoms with Crippen molar-refractivity contribution >= 4 is 17.9 Å². The summed E-state index contributed by atoms with van der Waals surface area (Å²) >= 11 is 0. The van der Waals surface area contributed by atoms with Gasteiger partial charge >= 0.3 is 17.9 Å². The molecule has 0 unspecified atom stereocenters. The summed E-state index contributed by atoms with van der Waals surface area (Å²) in [5, 5.41) is 0. The van der Waals surface area contributed by atoms with Crippen molar-refractivity contribution in [3.05, 3.63) is 158 Å². The van der Waals surface area contributed by atoms with Gasteiger partial charge in [-0.1, -0.05) is 256 Å². The fourth-order valence-electron chi connectivity index (χ4n) is 7.61. The van der Waals surface area contributed by atoms with E-state index in [9.17, 15) is 14.4 Å². The van der Waals surface area contributed by atoms with E-state index in [-0.39, 0.29) is 50.4 Å². The average Bonchev–Trinajstić information content (AvgIpc) is 3.41. The van der Waals surface area contributed by atoms with E-state index >= 15 is 0 Å². The minimum atomic E-state index is -0.849.